The fourth-order valence-corrected chi connectivity index (χ4v) is 1.47. The van der Waals surface area contributed by atoms with Gasteiger partial charge in [-0.05, 0) is 30.5 Å². The van der Waals surface area contributed by atoms with Crippen molar-refractivity contribution < 1.29 is 0 Å². The van der Waals surface area contributed by atoms with Crippen LogP contribution in [0.25, 0.3) is 0 Å². The number of hydrogen-bond donors (Lipinski definition) is 1. The standard InChI is InChI=1S/C12H19N/c1-3-9-13-10-12-8-6-5-7-11(12)4-2/h5-8,13H,3-4,9-10H2,1-2H3. The zero-order valence-corrected chi connectivity index (χ0v) is 8.64. The van der Waals surface area contributed by atoms with Gasteiger partial charge >= 0.3 is 0 Å². The third-order valence-electron chi connectivity index (χ3n) is 2.24. The van der Waals surface area contributed by atoms with Gasteiger partial charge in [0.2, 0.25) is 0 Å². The Labute approximate surface area is 81.2 Å². The summed E-state index contributed by atoms with van der Waals surface area (Å²) in [6.45, 7) is 6.52. The third kappa shape index (κ3) is 3.19. The van der Waals surface area contributed by atoms with Crippen LogP contribution in [0.5, 0.6) is 0 Å². The van der Waals surface area contributed by atoms with Crippen molar-refractivity contribution in [2.24, 2.45) is 0 Å². The first-order valence-electron chi connectivity index (χ1n) is 5.16. The first-order valence-corrected chi connectivity index (χ1v) is 5.16. The summed E-state index contributed by atoms with van der Waals surface area (Å²) >= 11 is 0. The Morgan fingerprint density at radius 1 is 1.08 bits per heavy atom. The SMILES string of the molecule is CCCNCc1ccccc1CC. The maximum atomic E-state index is 3.43. The zero-order chi connectivity index (χ0) is 9.52. The van der Waals surface area contributed by atoms with E-state index >= 15 is 0 Å². The Morgan fingerprint density at radius 2 is 1.77 bits per heavy atom. The van der Waals surface area contributed by atoms with Crippen LogP contribution in [0.2, 0.25) is 0 Å². The van der Waals surface area contributed by atoms with Crippen molar-refractivity contribution in [2.45, 2.75) is 33.2 Å². The highest BCUT2D eigenvalue weighted by Crippen LogP contribution is 2.08. The van der Waals surface area contributed by atoms with E-state index < -0.39 is 0 Å². The van der Waals surface area contributed by atoms with Crippen LogP contribution < -0.4 is 5.32 Å². The average Bonchev–Trinajstić information content (AvgIpc) is 2.19. The molecule has 13 heavy (non-hydrogen) atoms. The van der Waals surface area contributed by atoms with Crippen LogP contribution in [-0.4, -0.2) is 6.54 Å². The molecule has 0 heterocycles. The van der Waals surface area contributed by atoms with Crippen LogP contribution >= 0.6 is 0 Å². The molecule has 0 aromatic heterocycles. The minimum atomic E-state index is 1.01. The Bertz CT molecular complexity index is 243. The summed E-state index contributed by atoms with van der Waals surface area (Å²) in [5.41, 5.74) is 2.91. The number of benzene rings is 1. The second kappa shape index (κ2) is 5.76. The highest BCUT2D eigenvalue weighted by Gasteiger charge is 1.97. The smallest absolute Gasteiger partial charge is 0.0208 e. The van der Waals surface area contributed by atoms with E-state index in [1.807, 2.05) is 0 Å². The molecular formula is C12H19N. The van der Waals surface area contributed by atoms with Crippen molar-refractivity contribution in [2.75, 3.05) is 6.54 Å². The van der Waals surface area contributed by atoms with Gasteiger partial charge in [-0.25, -0.2) is 0 Å². The maximum absolute atomic E-state index is 3.43. The summed E-state index contributed by atoms with van der Waals surface area (Å²) < 4.78 is 0. The second-order valence-electron chi connectivity index (χ2n) is 3.30. The topological polar surface area (TPSA) is 12.0 Å². The highest BCUT2D eigenvalue weighted by molar-refractivity contribution is 5.26. The summed E-state index contributed by atoms with van der Waals surface area (Å²) in [7, 11) is 0. The highest BCUT2D eigenvalue weighted by atomic mass is 14.8. The van der Waals surface area contributed by atoms with E-state index in [9.17, 15) is 0 Å². The van der Waals surface area contributed by atoms with Gasteiger partial charge in [0.25, 0.3) is 0 Å². The fraction of sp³-hybridized carbons (Fsp3) is 0.500. The predicted octanol–water partition coefficient (Wildman–Crippen LogP) is 2.75. The Morgan fingerprint density at radius 3 is 2.38 bits per heavy atom. The largest absolute Gasteiger partial charge is 0.313 e. The van der Waals surface area contributed by atoms with Crippen molar-refractivity contribution >= 4 is 0 Å². The molecule has 0 saturated heterocycles. The van der Waals surface area contributed by atoms with Crippen LogP contribution in [0.4, 0.5) is 0 Å². The summed E-state index contributed by atoms with van der Waals surface area (Å²) in [4.78, 5) is 0. The first-order chi connectivity index (χ1) is 6.38. The Kier molecular flexibility index (Phi) is 4.55. The lowest BCUT2D eigenvalue weighted by molar-refractivity contribution is 0.671. The maximum Gasteiger partial charge on any atom is 0.0208 e. The zero-order valence-electron chi connectivity index (χ0n) is 8.64. The fourth-order valence-electron chi connectivity index (χ4n) is 1.47. The quantitative estimate of drug-likeness (QED) is 0.682. The predicted molar refractivity (Wildman–Crippen MR) is 57.8 cm³/mol. The van der Waals surface area contributed by atoms with E-state index in [1.54, 1.807) is 0 Å². The molecule has 1 aromatic rings. The van der Waals surface area contributed by atoms with E-state index in [1.165, 1.54) is 17.5 Å². The first kappa shape index (κ1) is 10.3. The van der Waals surface area contributed by atoms with Crippen molar-refractivity contribution in [3.8, 4) is 0 Å². The van der Waals surface area contributed by atoms with Crippen molar-refractivity contribution in [3.63, 3.8) is 0 Å². The van der Waals surface area contributed by atoms with Crippen molar-refractivity contribution in [3.05, 3.63) is 35.4 Å². The molecule has 0 amide bonds. The van der Waals surface area contributed by atoms with Crippen LogP contribution in [0.3, 0.4) is 0 Å². The van der Waals surface area contributed by atoms with E-state index in [-0.39, 0.29) is 0 Å². The van der Waals surface area contributed by atoms with Gasteiger partial charge in [-0.3, -0.25) is 0 Å². The molecule has 0 radical (unpaired) electrons. The Hall–Kier alpha value is -0.820. The van der Waals surface area contributed by atoms with E-state index in [4.69, 9.17) is 0 Å². The molecule has 0 atom stereocenters. The molecule has 1 heteroatoms. The molecular weight excluding hydrogens is 158 g/mol. The second-order valence-corrected chi connectivity index (χ2v) is 3.30. The normalized spacial score (nSPS) is 10.3. The molecule has 1 rings (SSSR count). The number of nitrogens with one attached hydrogen (secondary N) is 1. The van der Waals surface area contributed by atoms with E-state index in [2.05, 4.69) is 43.4 Å². The summed E-state index contributed by atoms with van der Waals surface area (Å²) in [5.74, 6) is 0. The summed E-state index contributed by atoms with van der Waals surface area (Å²) in [5, 5.41) is 3.43. The molecule has 0 bridgehead atoms. The van der Waals surface area contributed by atoms with E-state index in [0.717, 1.165) is 19.5 Å². The van der Waals surface area contributed by atoms with Crippen LogP contribution in [0, 0.1) is 0 Å². The summed E-state index contributed by atoms with van der Waals surface area (Å²) in [6.07, 6.45) is 2.33. The van der Waals surface area contributed by atoms with Gasteiger partial charge in [-0.1, -0.05) is 38.1 Å². The third-order valence-corrected chi connectivity index (χ3v) is 2.24. The molecule has 0 aliphatic heterocycles. The van der Waals surface area contributed by atoms with Crippen LogP contribution in [0.15, 0.2) is 24.3 Å². The van der Waals surface area contributed by atoms with Crippen LogP contribution in [-0.2, 0) is 13.0 Å². The molecule has 0 aliphatic rings. The van der Waals surface area contributed by atoms with Gasteiger partial charge in [-0.2, -0.15) is 0 Å². The van der Waals surface area contributed by atoms with Crippen molar-refractivity contribution in [1.82, 2.24) is 5.32 Å². The lowest BCUT2D eigenvalue weighted by Crippen LogP contribution is -2.14. The van der Waals surface area contributed by atoms with Gasteiger partial charge in [0.15, 0.2) is 0 Å². The molecule has 1 aromatic carbocycles. The average molecular weight is 177 g/mol. The van der Waals surface area contributed by atoms with Gasteiger partial charge in [0.05, 0.1) is 0 Å². The van der Waals surface area contributed by atoms with E-state index in [0.29, 0.717) is 0 Å². The minimum Gasteiger partial charge on any atom is -0.313 e. The Balaban J connectivity index is 2.54. The molecule has 0 unspecified atom stereocenters. The molecule has 0 aliphatic carbocycles. The summed E-state index contributed by atoms with van der Waals surface area (Å²) in [6, 6.07) is 8.65. The number of rotatable bonds is 5. The lowest BCUT2D eigenvalue weighted by Gasteiger charge is -2.07. The number of aryl methyl sites for hydroxylation is 1. The molecule has 0 saturated carbocycles. The monoisotopic (exact) mass is 177 g/mol. The van der Waals surface area contributed by atoms with Gasteiger partial charge < -0.3 is 5.32 Å². The van der Waals surface area contributed by atoms with Crippen molar-refractivity contribution in [1.29, 1.82) is 0 Å². The molecule has 0 fully saturated rings. The number of hydrogen-bond acceptors (Lipinski definition) is 1. The van der Waals surface area contributed by atoms with Crippen LogP contribution in [0.1, 0.15) is 31.4 Å². The molecule has 0 spiro atoms. The van der Waals surface area contributed by atoms with Gasteiger partial charge in [0.1, 0.15) is 0 Å². The molecule has 1 nitrogen and oxygen atoms in total. The minimum absolute atomic E-state index is 1.01. The van der Waals surface area contributed by atoms with Gasteiger partial charge in [-0.15, -0.1) is 0 Å². The molecule has 1 N–H and O–H groups in total. The van der Waals surface area contributed by atoms with Gasteiger partial charge in [0, 0.05) is 6.54 Å². The lowest BCUT2D eigenvalue weighted by atomic mass is 10.1. The molecule has 72 valence electrons.